The van der Waals surface area contributed by atoms with Gasteiger partial charge in [0.25, 0.3) is 0 Å². The third kappa shape index (κ3) is 4.98. The van der Waals surface area contributed by atoms with Crippen molar-refractivity contribution in [3.8, 4) is 64.0 Å². The molecule has 0 aliphatic heterocycles. The fourth-order valence-corrected chi connectivity index (χ4v) is 11.6. The van der Waals surface area contributed by atoms with Crippen molar-refractivity contribution in [3.05, 3.63) is 155 Å². The van der Waals surface area contributed by atoms with E-state index in [9.17, 15) is 0 Å². The highest BCUT2D eigenvalue weighted by Gasteiger charge is 2.37. The number of benzene rings is 5. The average Bonchev–Trinajstić information content (AvgIpc) is 4.00. The van der Waals surface area contributed by atoms with Gasteiger partial charge in [0, 0.05) is 30.3 Å². The summed E-state index contributed by atoms with van der Waals surface area (Å²) in [5.74, 6) is 0.755. The standard InChI is InChI=1S/C50H44S2/c1-30-10-18-37-39-20-16-35(28-43(39)49(2,3)41(37)26-30)45-22-24-47(51-45)48-25-23-46(52-48)36-17-21-40-38-19-15-34(27-42(38)50(4,5)44(40)29-36)33-13-11-32(12-14-33)31-8-6-7-9-31/h10-29,31H,6-9H2,1-5H3. The summed E-state index contributed by atoms with van der Waals surface area (Å²) in [5, 5.41) is 0. The largest absolute Gasteiger partial charge is 0.134 e. The molecule has 0 saturated heterocycles. The van der Waals surface area contributed by atoms with E-state index in [1.54, 1.807) is 0 Å². The molecule has 3 aliphatic carbocycles. The molecule has 0 atom stereocenters. The lowest BCUT2D eigenvalue weighted by Crippen LogP contribution is -2.15. The Balaban J connectivity index is 0.912. The highest BCUT2D eigenvalue weighted by molar-refractivity contribution is 7.25. The Morgan fingerprint density at radius 3 is 1.35 bits per heavy atom. The van der Waals surface area contributed by atoms with Crippen LogP contribution in [0.15, 0.2) is 121 Å². The van der Waals surface area contributed by atoms with Gasteiger partial charge in [-0.25, -0.2) is 0 Å². The first-order valence-corrected chi connectivity index (χ1v) is 20.6. The summed E-state index contributed by atoms with van der Waals surface area (Å²) in [7, 11) is 0. The normalized spacial score (nSPS) is 16.5. The molecule has 5 aromatic carbocycles. The summed E-state index contributed by atoms with van der Waals surface area (Å²) in [5.41, 5.74) is 19.3. The highest BCUT2D eigenvalue weighted by atomic mass is 32.1. The molecule has 0 radical (unpaired) electrons. The molecule has 0 N–H and O–H groups in total. The SMILES string of the molecule is Cc1ccc2c(c1)C(C)(C)c1cc(-c3ccc(-c4ccc(-c5ccc6c(c5)C(C)(C)c5cc(-c7ccc(C8CCCC8)cc7)ccc5-6)s4)s3)ccc1-2. The van der Waals surface area contributed by atoms with E-state index in [1.165, 1.54) is 123 Å². The van der Waals surface area contributed by atoms with Gasteiger partial charge >= 0.3 is 0 Å². The van der Waals surface area contributed by atoms with Gasteiger partial charge in [-0.05, 0) is 140 Å². The van der Waals surface area contributed by atoms with E-state index in [-0.39, 0.29) is 10.8 Å². The predicted octanol–water partition coefficient (Wildman–Crippen LogP) is 15.1. The minimum absolute atomic E-state index is 0.00415. The number of rotatable bonds is 5. The van der Waals surface area contributed by atoms with E-state index in [0.29, 0.717) is 0 Å². The highest BCUT2D eigenvalue weighted by Crippen LogP contribution is 2.53. The molecule has 52 heavy (non-hydrogen) atoms. The number of aryl methyl sites for hydroxylation is 1. The van der Waals surface area contributed by atoms with Crippen LogP contribution in [0.2, 0.25) is 0 Å². The second kappa shape index (κ2) is 11.8. The second-order valence-electron chi connectivity index (χ2n) is 16.5. The topological polar surface area (TPSA) is 0 Å². The summed E-state index contributed by atoms with van der Waals surface area (Å²) >= 11 is 3.82. The molecule has 0 unspecified atom stereocenters. The van der Waals surface area contributed by atoms with Gasteiger partial charge < -0.3 is 0 Å². The van der Waals surface area contributed by atoms with Crippen LogP contribution in [-0.4, -0.2) is 0 Å². The van der Waals surface area contributed by atoms with Crippen molar-refractivity contribution in [3.63, 3.8) is 0 Å². The molecule has 1 saturated carbocycles. The summed E-state index contributed by atoms with van der Waals surface area (Å²) in [6.45, 7) is 11.8. The van der Waals surface area contributed by atoms with Crippen molar-refractivity contribution in [1.82, 2.24) is 0 Å². The molecule has 10 rings (SSSR count). The fourth-order valence-electron chi connectivity index (χ4n) is 9.53. The Morgan fingerprint density at radius 1 is 0.423 bits per heavy atom. The Labute approximate surface area is 316 Å². The molecule has 0 nitrogen and oxygen atoms in total. The summed E-state index contributed by atoms with van der Waals surface area (Å²) in [6, 6.07) is 47.1. The molecule has 0 spiro atoms. The predicted molar refractivity (Wildman–Crippen MR) is 225 cm³/mol. The number of hydrogen-bond acceptors (Lipinski definition) is 2. The van der Waals surface area contributed by atoms with Crippen LogP contribution in [-0.2, 0) is 10.8 Å². The molecule has 1 fully saturated rings. The first kappa shape index (κ1) is 32.2. The van der Waals surface area contributed by atoms with Crippen LogP contribution >= 0.6 is 22.7 Å². The molecule has 0 amide bonds. The summed E-state index contributed by atoms with van der Waals surface area (Å²) in [6.07, 6.45) is 5.45. The van der Waals surface area contributed by atoms with Crippen LogP contribution in [0.1, 0.15) is 92.7 Å². The maximum atomic E-state index is 2.46. The molecule has 2 heteroatoms. The average molecular weight is 709 g/mol. The quantitative estimate of drug-likeness (QED) is 0.167. The van der Waals surface area contributed by atoms with Gasteiger partial charge in [-0.3, -0.25) is 0 Å². The minimum atomic E-state index is -0.0617. The monoisotopic (exact) mass is 708 g/mol. The zero-order valence-electron chi connectivity index (χ0n) is 30.8. The van der Waals surface area contributed by atoms with E-state index in [0.717, 1.165) is 5.92 Å². The maximum absolute atomic E-state index is 2.46. The van der Waals surface area contributed by atoms with Crippen molar-refractivity contribution >= 4 is 22.7 Å². The van der Waals surface area contributed by atoms with E-state index >= 15 is 0 Å². The van der Waals surface area contributed by atoms with Crippen molar-refractivity contribution in [2.75, 3.05) is 0 Å². The molecule has 256 valence electrons. The fraction of sp³-hybridized carbons (Fsp3) is 0.240. The zero-order valence-corrected chi connectivity index (χ0v) is 32.4. The van der Waals surface area contributed by atoms with Crippen molar-refractivity contribution < 1.29 is 0 Å². The Bertz CT molecular complexity index is 2530. The van der Waals surface area contributed by atoms with Crippen LogP contribution in [0.3, 0.4) is 0 Å². The van der Waals surface area contributed by atoms with Crippen LogP contribution in [0.5, 0.6) is 0 Å². The van der Waals surface area contributed by atoms with Gasteiger partial charge in [0.05, 0.1) is 0 Å². The van der Waals surface area contributed by atoms with Gasteiger partial charge in [0.15, 0.2) is 0 Å². The van der Waals surface area contributed by atoms with Crippen LogP contribution < -0.4 is 0 Å². The van der Waals surface area contributed by atoms with Crippen molar-refractivity contribution in [1.29, 1.82) is 0 Å². The molecule has 0 bridgehead atoms. The first-order chi connectivity index (χ1) is 25.1. The third-order valence-electron chi connectivity index (χ3n) is 12.6. The minimum Gasteiger partial charge on any atom is -0.134 e. The van der Waals surface area contributed by atoms with E-state index in [2.05, 4.69) is 156 Å². The molecule has 7 aromatic rings. The Hall–Kier alpha value is -4.50. The van der Waals surface area contributed by atoms with Gasteiger partial charge in [-0.1, -0.05) is 125 Å². The van der Waals surface area contributed by atoms with Crippen LogP contribution in [0.4, 0.5) is 0 Å². The molecular weight excluding hydrogens is 665 g/mol. The molecule has 2 heterocycles. The van der Waals surface area contributed by atoms with Crippen molar-refractivity contribution in [2.45, 2.75) is 77.0 Å². The van der Waals surface area contributed by atoms with Gasteiger partial charge in [-0.2, -0.15) is 0 Å². The van der Waals surface area contributed by atoms with Crippen LogP contribution in [0, 0.1) is 6.92 Å². The number of hydrogen-bond donors (Lipinski definition) is 0. The molecule has 3 aliphatic rings. The van der Waals surface area contributed by atoms with Gasteiger partial charge in [0.2, 0.25) is 0 Å². The van der Waals surface area contributed by atoms with E-state index < -0.39 is 0 Å². The van der Waals surface area contributed by atoms with Gasteiger partial charge in [-0.15, -0.1) is 22.7 Å². The molecule has 2 aromatic heterocycles. The second-order valence-corrected chi connectivity index (χ2v) is 18.7. The zero-order chi connectivity index (χ0) is 35.4. The Morgan fingerprint density at radius 2 is 0.827 bits per heavy atom. The third-order valence-corrected chi connectivity index (χ3v) is 15.1. The van der Waals surface area contributed by atoms with E-state index in [1.807, 2.05) is 22.7 Å². The lowest BCUT2D eigenvalue weighted by Gasteiger charge is -2.22. The lowest BCUT2D eigenvalue weighted by atomic mass is 9.81. The lowest BCUT2D eigenvalue weighted by molar-refractivity contribution is 0.660. The van der Waals surface area contributed by atoms with Crippen LogP contribution in [0.25, 0.3) is 64.0 Å². The molecular formula is C50H44S2. The first-order valence-electron chi connectivity index (χ1n) is 19.0. The number of thiophene rings is 2. The summed E-state index contributed by atoms with van der Waals surface area (Å²) < 4.78 is 0. The number of fused-ring (bicyclic) bond motifs is 6. The maximum Gasteiger partial charge on any atom is 0.0449 e. The van der Waals surface area contributed by atoms with Gasteiger partial charge in [0.1, 0.15) is 0 Å². The Kier molecular flexibility index (Phi) is 7.27. The summed E-state index contributed by atoms with van der Waals surface area (Å²) in [4.78, 5) is 5.33. The smallest absolute Gasteiger partial charge is 0.0449 e. The van der Waals surface area contributed by atoms with Crippen molar-refractivity contribution in [2.24, 2.45) is 0 Å². The van der Waals surface area contributed by atoms with E-state index in [4.69, 9.17) is 0 Å².